The molecular weight excluding hydrogens is 422 g/mol. The Hall–Kier alpha value is -3.60. The first kappa shape index (κ1) is 20.7. The van der Waals surface area contributed by atoms with Crippen LogP contribution in [0.2, 0.25) is 0 Å². The van der Waals surface area contributed by atoms with E-state index in [9.17, 15) is 14.4 Å². The molecule has 2 aromatic heterocycles. The second-order valence-corrected chi connectivity index (χ2v) is 7.70. The average Bonchev–Trinajstić information content (AvgIpc) is 3.30. The lowest BCUT2D eigenvalue weighted by molar-refractivity contribution is -0.119. The number of rotatable bonds is 8. The van der Waals surface area contributed by atoms with Gasteiger partial charge in [0.15, 0.2) is 6.61 Å². The van der Waals surface area contributed by atoms with Crippen LogP contribution < -0.4 is 5.32 Å². The molecule has 2 heterocycles. The molecule has 10 nitrogen and oxygen atoms in total. The van der Waals surface area contributed by atoms with E-state index in [0.29, 0.717) is 22.2 Å². The molecule has 11 heteroatoms. The van der Waals surface area contributed by atoms with E-state index in [2.05, 4.69) is 20.8 Å². The van der Waals surface area contributed by atoms with Crippen molar-refractivity contribution in [1.29, 1.82) is 0 Å². The molecule has 4 rings (SSSR count). The summed E-state index contributed by atoms with van der Waals surface area (Å²) in [7, 11) is 0. The van der Waals surface area contributed by atoms with Crippen LogP contribution in [0.15, 0.2) is 36.0 Å². The van der Waals surface area contributed by atoms with Crippen LogP contribution in [0.3, 0.4) is 0 Å². The molecule has 0 unspecified atom stereocenters. The zero-order valence-corrected chi connectivity index (χ0v) is 17.4. The smallest absolute Gasteiger partial charge is 0.341 e. The molecule has 0 atom stereocenters. The highest BCUT2D eigenvalue weighted by Crippen LogP contribution is 2.46. The molecule has 0 spiro atoms. The molecular formula is C20H19N5O5S. The zero-order valence-electron chi connectivity index (χ0n) is 16.6. The Labute approximate surface area is 181 Å². The van der Waals surface area contributed by atoms with Crippen LogP contribution in [-0.4, -0.2) is 51.3 Å². The Morgan fingerprint density at radius 2 is 1.94 bits per heavy atom. The third-order valence-electron chi connectivity index (χ3n) is 4.62. The molecule has 1 fully saturated rings. The molecule has 0 saturated heterocycles. The predicted octanol–water partition coefficient (Wildman–Crippen LogP) is 2.57. The molecule has 1 saturated carbocycles. The first-order valence-electron chi connectivity index (χ1n) is 9.65. The molecule has 1 amide bonds. The number of nitrogens with zero attached hydrogens (tertiary/aromatic N) is 4. The predicted molar refractivity (Wildman–Crippen MR) is 110 cm³/mol. The van der Waals surface area contributed by atoms with E-state index in [-0.39, 0.29) is 12.2 Å². The van der Waals surface area contributed by atoms with E-state index in [0.717, 1.165) is 18.4 Å². The van der Waals surface area contributed by atoms with E-state index in [1.807, 2.05) is 5.38 Å². The van der Waals surface area contributed by atoms with E-state index in [1.165, 1.54) is 22.3 Å². The number of tetrazole rings is 1. The number of nitrogens with one attached hydrogen (secondary N) is 1. The number of hydrogen-bond acceptors (Lipinski definition) is 9. The van der Waals surface area contributed by atoms with Gasteiger partial charge >= 0.3 is 11.9 Å². The van der Waals surface area contributed by atoms with Gasteiger partial charge in [-0.2, -0.15) is 0 Å². The quantitative estimate of drug-likeness (QED) is 0.529. The third-order valence-corrected chi connectivity index (χ3v) is 5.53. The fraction of sp³-hybridized carbons (Fsp3) is 0.300. The van der Waals surface area contributed by atoms with Gasteiger partial charge in [-0.1, -0.05) is 0 Å². The number of esters is 2. The molecule has 160 valence electrons. The van der Waals surface area contributed by atoms with Crippen LogP contribution in [0.25, 0.3) is 5.69 Å². The molecule has 1 N–H and O–H groups in total. The van der Waals surface area contributed by atoms with Gasteiger partial charge in [0, 0.05) is 0 Å². The van der Waals surface area contributed by atoms with Gasteiger partial charge in [-0.05, 0) is 71.3 Å². The van der Waals surface area contributed by atoms with Crippen molar-refractivity contribution in [3.05, 3.63) is 52.7 Å². The van der Waals surface area contributed by atoms with Crippen LogP contribution >= 0.6 is 11.3 Å². The van der Waals surface area contributed by atoms with Gasteiger partial charge in [0.25, 0.3) is 5.91 Å². The number of hydrogen-bond donors (Lipinski definition) is 1. The molecule has 1 aromatic carbocycles. The summed E-state index contributed by atoms with van der Waals surface area (Å²) in [6, 6.07) is 6.42. The Bertz CT molecular complexity index is 1090. The van der Waals surface area contributed by atoms with Gasteiger partial charge in [0.2, 0.25) is 0 Å². The summed E-state index contributed by atoms with van der Waals surface area (Å²) >= 11 is 1.27. The summed E-state index contributed by atoms with van der Waals surface area (Å²) < 4.78 is 11.7. The van der Waals surface area contributed by atoms with Crippen molar-refractivity contribution in [2.45, 2.75) is 25.7 Å². The summed E-state index contributed by atoms with van der Waals surface area (Å²) in [5.41, 5.74) is 2.25. The third kappa shape index (κ3) is 4.77. The van der Waals surface area contributed by atoms with Crippen molar-refractivity contribution < 1.29 is 23.9 Å². The second kappa shape index (κ2) is 9.04. The lowest BCUT2D eigenvalue weighted by Gasteiger charge is -2.09. The molecule has 31 heavy (non-hydrogen) atoms. The number of ether oxygens (including phenoxy) is 2. The maximum Gasteiger partial charge on any atom is 0.341 e. The van der Waals surface area contributed by atoms with Crippen LogP contribution in [0.5, 0.6) is 0 Å². The van der Waals surface area contributed by atoms with Crippen molar-refractivity contribution >= 4 is 34.2 Å². The summed E-state index contributed by atoms with van der Waals surface area (Å²) in [4.78, 5) is 36.9. The number of thiophene rings is 1. The molecule has 0 bridgehead atoms. The molecule has 3 aromatic rings. The van der Waals surface area contributed by atoms with Crippen molar-refractivity contribution in [3.63, 3.8) is 0 Å². The van der Waals surface area contributed by atoms with Crippen LogP contribution in [0.1, 0.15) is 52.0 Å². The molecule has 0 radical (unpaired) electrons. The van der Waals surface area contributed by atoms with Crippen molar-refractivity contribution in [2.75, 3.05) is 18.5 Å². The lowest BCUT2D eigenvalue weighted by atomic mass is 10.1. The summed E-state index contributed by atoms with van der Waals surface area (Å²) in [6.07, 6.45) is 3.46. The van der Waals surface area contributed by atoms with Crippen molar-refractivity contribution in [3.8, 4) is 5.69 Å². The van der Waals surface area contributed by atoms with Crippen LogP contribution in [0, 0.1) is 0 Å². The Morgan fingerprint density at radius 1 is 1.16 bits per heavy atom. The Morgan fingerprint density at radius 3 is 2.58 bits per heavy atom. The highest BCUT2D eigenvalue weighted by atomic mass is 32.1. The Kier molecular flexibility index (Phi) is 6.03. The van der Waals surface area contributed by atoms with Gasteiger partial charge in [0.1, 0.15) is 11.3 Å². The van der Waals surface area contributed by atoms with Crippen LogP contribution in [0.4, 0.5) is 5.00 Å². The summed E-state index contributed by atoms with van der Waals surface area (Å²) in [5.74, 6) is -1.31. The number of carbonyl (C=O) groups excluding carboxylic acids is 3. The molecule has 0 aliphatic heterocycles. The number of amides is 1. The SMILES string of the molecule is CCOC(=O)c1c(C2CC2)csc1NC(=O)COC(=O)c1ccc(-n2cnnn2)cc1. The minimum Gasteiger partial charge on any atom is -0.462 e. The van der Waals surface area contributed by atoms with Crippen molar-refractivity contribution in [2.24, 2.45) is 0 Å². The van der Waals surface area contributed by atoms with E-state index < -0.39 is 24.5 Å². The lowest BCUT2D eigenvalue weighted by Crippen LogP contribution is -2.22. The number of anilines is 1. The molecule has 1 aliphatic carbocycles. The second-order valence-electron chi connectivity index (χ2n) is 6.82. The highest BCUT2D eigenvalue weighted by Gasteiger charge is 2.32. The average molecular weight is 441 g/mol. The minimum absolute atomic E-state index is 0.246. The topological polar surface area (TPSA) is 125 Å². The minimum atomic E-state index is -0.645. The maximum absolute atomic E-state index is 12.4. The summed E-state index contributed by atoms with van der Waals surface area (Å²) in [6.45, 7) is 1.50. The standard InChI is InChI=1S/C20H19N5O5S/c1-2-29-20(28)17-15(12-3-4-12)10-31-18(17)22-16(26)9-30-19(27)13-5-7-14(8-6-13)25-11-21-23-24-25/h5-8,10-12H,2-4,9H2,1H3,(H,22,26). The van der Waals surface area contributed by atoms with E-state index >= 15 is 0 Å². The first-order chi connectivity index (χ1) is 15.1. The van der Waals surface area contributed by atoms with Crippen LogP contribution in [-0.2, 0) is 14.3 Å². The van der Waals surface area contributed by atoms with Gasteiger partial charge in [-0.15, -0.1) is 16.4 Å². The van der Waals surface area contributed by atoms with Gasteiger partial charge in [-0.3, -0.25) is 4.79 Å². The first-order valence-corrected chi connectivity index (χ1v) is 10.5. The fourth-order valence-corrected chi connectivity index (χ4v) is 4.03. The van der Waals surface area contributed by atoms with E-state index in [1.54, 1.807) is 31.2 Å². The van der Waals surface area contributed by atoms with Gasteiger partial charge < -0.3 is 14.8 Å². The number of carbonyl (C=O) groups is 3. The fourth-order valence-electron chi connectivity index (χ4n) is 2.98. The van der Waals surface area contributed by atoms with Crippen molar-refractivity contribution in [1.82, 2.24) is 20.2 Å². The maximum atomic E-state index is 12.4. The normalized spacial score (nSPS) is 12.9. The monoisotopic (exact) mass is 441 g/mol. The van der Waals surface area contributed by atoms with E-state index in [4.69, 9.17) is 9.47 Å². The van der Waals surface area contributed by atoms with Gasteiger partial charge in [-0.25, -0.2) is 14.3 Å². The number of aromatic nitrogens is 4. The Balaban J connectivity index is 1.36. The highest BCUT2D eigenvalue weighted by molar-refractivity contribution is 7.15. The summed E-state index contributed by atoms with van der Waals surface area (Å²) in [5, 5.41) is 15.8. The number of benzene rings is 1. The largest absolute Gasteiger partial charge is 0.462 e. The zero-order chi connectivity index (χ0) is 21.8. The van der Waals surface area contributed by atoms with Gasteiger partial charge in [0.05, 0.1) is 23.4 Å². The molecule has 1 aliphatic rings.